The number of benzene rings is 1. The van der Waals surface area contributed by atoms with E-state index in [2.05, 4.69) is 5.32 Å². The molecule has 1 aromatic carbocycles. The Hall–Kier alpha value is -1.55. The van der Waals surface area contributed by atoms with Gasteiger partial charge in [-0.15, -0.1) is 0 Å². The fourth-order valence-electron chi connectivity index (χ4n) is 1.39. The van der Waals surface area contributed by atoms with Crippen LogP contribution in [0.2, 0.25) is 0 Å². The molecule has 0 spiro atoms. The van der Waals surface area contributed by atoms with Crippen LogP contribution in [-0.2, 0) is 4.79 Å². The number of aliphatic hydroxyl groups excluding tert-OH is 1. The number of aliphatic hydroxyl groups is 1. The highest BCUT2D eigenvalue weighted by molar-refractivity contribution is 5.80. The topological polar surface area (TPSA) is 52.6 Å². The minimum Gasteiger partial charge on any atom is -0.389 e. The number of carbonyl (C=O) groups is 1. The van der Waals surface area contributed by atoms with Crippen LogP contribution in [0.15, 0.2) is 24.3 Å². The number of hydrogen-bond acceptors (Lipinski definition) is 3. The molecule has 0 fully saturated rings. The first kappa shape index (κ1) is 12.5. The molecule has 1 amide bonds. The Morgan fingerprint density at radius 1 is 1.44 bits per heavy atom. The maximum Gasteiger partial charge on any atom is 0.239 e. The summed E-state index contributed by atoms with van der Waals surface area (Å²) in [7, 11) is 3.47. The largest absolute Gasteiger partial charge is 0.389 e. The van der Waals surface area contributed by atoms with Crippen molar-refractivity contribution in [3.8, 4) is 0 Å². The van der Waals surface area contributed by atoms with Crippen molar-refractivity contribution < 1.29 is 9.90 Å². The van der Waals surface area contributed by atoms with Gasteiger partial charge in [-0.3, -0.25) is 4.79 Å². The van der Waals surface area contributed by atoms with Gasteiger partial charge in [0.1, 0.15) is 0 Å². The SMILES string of the molecule is CNC(=O)CN(C)c1ccc([C@@H](C)O)cc1. The van der Waals surface area contributed by atoms with E-state index in [4.69, 9.17) is 0 Å². The number of anilines is 1. The van der Waals surface area contributed by atoms with Crippen molar-refractivity contribution >= 4 is 11.6 Å². The summed E-state index contributed by atoms with van der Waals surface area (Å²) < 4.78 is 0. The molecule has 2 N–H and O–H groups in total. The average Bonchev–Trinajstić information content (AvgIpc) is 2.28. The predicted octanol–water partition coefficient (Wildman–Crippen LogP) is 0.922. The van der Waals surface area contributed by atoms with Gasteiger partial charge < -0.3 is 15.3 Å². The lowest BCUT2D eigenvalue weighted by atomic mass is 10.1. The maximum absolute atomic E-state index is 11.2. The molecule has 4 heteroatoms. The smallest absolute Gasteiger partial charge is 0.239 e. The Kier molecular flexibility index (Phi) is 4.31. The molecule has 0 heterocycles. The van der Waals surface area contributed by atoms with Crippen LogP contribution >= 0.6 is 0 Å². The fraction of sp³-hybridized carbons (Fsp3) is 0.417. The van der Waals surface area contributed by atoms with Crippen LogP contribution in [0, 0.1) is 0 Å². The zero-order chi connectivity index (χ0) is 12.1. The molecule has 0 aromatic heterocycles. The Labute approximate surface area is 95.9 Å². The molecule has 0 aliphatic carbocycles. The van der Waals surface area contributed by atoms with Gasteiger partial charge in [0.25, 0.3) is 0 Å². The van der Waals surface area contributed by atoms with E-state index >= 15 is 0 Å². The van der Waals surface area contributed by atoms with Gasteiger partial charge in [0.15, 0.2) is 0 Å². The molecular formula is C12H18N2O2. The van der Waals surface area contributed by atoms with Gasteiger partial charge in [-0.05, 0) is 24.6 Å². The predicted molar refractivity (Wildman–Crippen MR) is 64.4 cm³/mol. The molecule has 0 saturated heterocycles. The van der Waals surface area contributed by atoms with E-state index in [0.29, 0.717) is 6.54 Å². The summed E-state index contributed by atoms with van der Waals surface area (Å²) in [5.41, 5.74) is 1.82. The Morgan fingerprint density at radius 2 is 2.00 bits per heavy atom. The molecule has 0 aliphatic heterocycles. The van der Waals surface area contributed by atoms with Crippen LogP contribution in [0.3, 0.4) is 0 Å². The number of amides is 1. The first-order chi connectivity index (χ1) is 7.54. The van der Waals surface area contributed by atoms with Crippen LogP contribution in [0.25, 0.3) is 0 Å². The Bertz CT molecular complexity index is 347. The summed E-state index contributed by atoms with van der Waals surface area (Å²) in [6.45, 7) is 2.05. The van der Waals surface area contributed by atoms with Crippen molar-refractivity contribution in [2.75, 3.05) is 25.5 Å². The van der Waals surface area contributed by atoms with Gasteiger partial charge in [0, 0.05) is 19.8 Å². The number of nitrogens with one attached hydrogen (secondary N) is 1. The first-order valence-electron chi connectivity index (χ1n) is 5.24. The standard InChI is InChI=1S/C12H18N2O2/c1-9(15)10-4-6-11(7-5-10)14(3)8-12(16)13-2/h4-7,9,15H,8H2,1-3H3,(H,13,16)/t9-/m1/s1. The van der Waals surface area contributed by atoms with E-state index in [9.17, 15) is 9.90 Å². The molecule has 1 atom stereocenters. The molecular weight excluding hydrogens is 204 g/mol. The van der Waals surface area contributed by atoms with E-state index in [-0.39, 0.29) is 5.91 Å². The van der Waals surface area contributed by atoms with Crippen LogP contribution in [-0.4, -0.2) is 31.7 Å². The average molecular weight is 222 g/mol. The van der Waals surface area contributed by atoms with Gasteiger partial charge in [-0.25, -0.2) is 0 Å². The lowest BCUT2D eigenvalue weighted by molar-refractivity contribution is -0.119. The van der Waals surface area contributed by atoms with Crippen molar-refractivity contribution in [1.82, 2.24) is 5.32 Å². The molecule has 1 rings (SSSR count). The molecule has 1 aromatic rings. The number of nitrogens with zero attached hydrogens (tertiary/aromatic N) is 1. The monoisotopic (exact) mass is 222 g/mol. The van der Waals surface area contributed by atoms with E-state index in [1.165, 1.54) is 0 Å². The van der Waals surface area contributed by atoms with Gasteiger partial charge >= 0.3 is 0 Å². The van der Waals surface area contributed by atoms with Crippen molar-refractivity contribution in [2.24, 2.45) is 0 Å². The lowest BCUT2D eigenvalue weighted by Gasteiger charge is -2.18. The number of rotatable bonds is 4. The van der Waals surface area contributed by atoms with Crippen molar-refractivity contribution in [1.29, 1.82) is 0 Å². The lowest BCUT2D eigenvalue weighted by Crippen LogP contribution is -2.32. The van der Waals surface area contributed by atoms with E-state index in [1.807, 2.05) is 36.2 Å². The molecule has 0 unspecified atom stereocenters. The summed E-state index contributed by atoms with van der Waals surface area (Å²) in [6, 6.07) is 7.51. The van der Waals surface area contributed by atoms with E-state index in [0.717, 1.165) is 11.3 Å². The van der Waals surface area contributed by atoms with Gasteiger partial charge in [0.2, 0.25) is 5.91 Å². The third-order valence-electron chi connectivity index (χ3n) is 2.48. The molecule has 88 valence electrons. The quantitative estimate of drug-likeness (QED) is 0.796. The minimum atomic E-state index is -0.460. The second kappa shape index (κ2) is 5.51. The Balaban J connectivity index is 2.70. The van der Waals surface area contributed by atoms with Crippen LogP contribution in [0.1, 0.15) is 18.6 Å². The fourth-order valence-corrected chi connectivity index (χ4v) is 1.39. The van der Waals surface area contributed by atoms with Crippen LogP contribution in [0.5, 0.6) is 0 Å². The second-order valence-corrected chi connectivity index (χ2v) is 3.80. The second-order valence-electron chi connectivity index (χ2n) is 3.80. The highest BCUT2D eigenvalue weighted by Crippen LogP contribution is 2.17. The van der Waals surface area contributed by atoms with E-state index in [1.54, 1.807) is 14.0 Å². The van der Waals surface area contributed by atoms with Gasteiger partial charge in [-0.1, -0.05) is 12.1 Å². The van der Waals surface area contributed by atoms with E-state index < -0.39 is 6.10 Å². The highest BCUT2D eigenvalue weighted by atomic mass is 16.3. The van der Waals surface area contributed by atoms with Crippen LogP contribution in [0.4, 0.5) is 5.69 Å². The zero-order valence-electron chi connectivity index (χ0n) is 9.90. The first-order valence-corrected chi connectivity index (χ1v) is 5.24. The van der Waals surface area contributed by atoms with Crippen molar-refractivity contribution in [2.45, 2.75) is 13.0 Å². The summed E-state index contributed by atoms with van der Waals surface area (Å²) in [5, 5.41) is 11.9. The van der Waals surface area contributed by atoms with Crippen LogP contribution < -0.4 is 10.2 Å². The summed E-state index contributed by atoms with van der Waals surface area (Å²) in [5.74, 6) is -0.0258. The molecule has 0 bridgehead atoms. The maximum atomic E-state index is 11.2. The molecule has 4 nitrogen and oxygen atoms in total. The van der Waals surface area contributed by atoms with Crippen molar-refractivity contribution in [3.63, 3.8) is 0 Å². The summed E-state index contributed by atoms with van der Waals surface area (Å²) >= 11 is 0. The van der Waals surface area contributed by atoms with Gasteiger partial charge in [-0.2, -0.15) is 0 Å². The zero-order valence-corrected chi connectivity index (χ0v) is 9.90. The minimum absolute atomic E-state index is 0.0258. The third kappa shape index (κ3) is 3.24. The summed E-state index contributed by atoms with van der Waals surface area (Å²) in [4.78, 5) is 13.0. The normalized spacial score (nSPS) is 12.0. The number of hydrogen-bond donors (Lipinski definition) is 2. The van der Waals surface area contributed by atoms with Crippen molar-refractivity contribution in [3.05, 3.63) is 29.8 Å². The number of likely N-dealkylation sites (N-methyl/N-ethyl adjacent to an activating group) is 2. The third-order valence-corrected chi connectivity index (χ3v) is 2.48. The number of carbonyl (C=O) groups excluding carboxylic acids is 1. The van der Waals surface area contributed by atoms with Gasteiger partial charge in [0.05, 0.1) is 12.6 Å². The summed E-state index contributed by atoms with van der Waals surface area (Å²) in [6.07, 6.45) is -0.460. The molecule has 0 saturated carbocycles. The Morgan fingerprint density at radius 3 is 2.44 bits per heavy atom. The highest BCUT2D eigenvalue weighted by Gasteiger charge is 2.06. The molecule has 0 radical (unpaired) electrons. The molecule has 16 heavy (non-hydrogen) atoms. The molecule has 0 aliphatic rings.